The van der Waals surface area contributed by atoms with Crippen molar-refractivity contribution in [3.8, 4) is 0 Å². The Hall–Kier alpha value is -1.86. The standard InChI is InChI=1S/C14H12F2N2O2S/c1-20-6-13-17-12(7-21-13)14(19)18-4-8-2-10(15)11(16)3-9(8)5-18/h2-3,7H,4-6H2,1H3. The quantitative estimate of drug-likeness (QED) is 0.875. The Balaban J connectivity index is 1.78. The van der Waals surface area contributed by atoms with Gasteiger partial charge in [0, 0.05) is 25.6 Å². The van der Waals surface area contributed by atoms with Gasteiger partial charge in [-0.05, 0) is 23.3 Å². The van der Waals surface area contributed by atoms with Gasteiger partial charge in [0.1, 0.15) is 10.7 Å². The zero-order valence-electron chi connectivity index (χ0n) is 11.2. The highest BCUT2D eigenvalue weighted by Gasteiger charge is 2.27. The van der Waals surface area contributed by atoms with Crippen LogP contribution in [-0.4, -0.2) is 22.9 Å². The number of carbonyl (C=O) groups is 1. The Morgan fingerprint density at radius 1 is 1.33 bits per heavy atom. The van der Waals surface area contributed by atoms with Crippen LogP contribution in [0.5, 0.6) is 0 Å². The summed E-state index contributed by atoms with van der Waals surface area (Å²) in [6.45, 7) is 0.888. The third kappa shape index (κ3) is 2.66. The van der Waals surface area contributed by atoms with Crippen LogP contribution in [0.2, 0.25) is 0 Å². The number of thiazole rings is 1. The first-order valence-corrected chi connectivity index (χ1v) is 7.16. The highest BCUT2D eigenvalue weighted by atomic mass is 32.1. The molecule has 1 aromatic carbocycles. The van der Waals surface area contributed by atoms with Crippen LogP contribution in [0.25, 0.3) is 0 Å². The molecule has 110 valence electrons. The average molecular weight is 310 g/mol. The molecule has 4 nitrogen and oxygen atoms in total. The van der Waals surface area contributed by atoms with Gasteiger partial charge in [-0.25, -0.2) is 13.8 Å². The summed E-state index contributed by atoms with van der Waals surface area (Å²) >= 11 is 1.35. The Labute approximate surface area is 124 Å². The van der Waals surface area contributed by atoms with E-state index in [1.54, 1.807) is 12.5 Å². The second-order valence-electron chi connectivity index (χ2n) is 4.76. The molecular weight excluding hydrogens is 298 g/mol. The smallest absolute Gasteiger partial charge is 0.273 e. The van der Waals surface area contributed by atoms with Gasteiger partial charge in [0.2, 0.25) is 0 Å². The number of halogens is 2. The van der Waals surface area contributed by atoms with Crippen LogP contribution in [0.15, 0.2) is 17.5 Å². The highest BCUT2D eigenvalue weighted by Crippen LogP contribution is 2.26. The molecule has 0 unspecified atom stereocenters. The van der Waals surface area contributed by atoms with Crippen LogP contribution in [-0.2, 0) is 24.4 Å². The maximum Gasteiger partial charge on any atom is 0.273 e. The lowest BCUT2D eigenvalue weighted by Gasteiger charge is -2.13. The zero-order valence-corrected chi connectivity index (χ0v) is 12.0. The molecule has 1 amide bonds. The van der Waals surface area contributed by atoms with Gasteiger partial charge in [0.05, 0.1) is 6.61 Å². The molecule has 2 aromatic rings. The van der Waals surface area contributed by atoms with Gasteiger partial charge in [-0.1, -0.05) is 0 Å². The number of nitrogens with zero attached hydrogens (tertiary/aromatic N) is 2. The van der Waals surface area contributed by atoms with Crippen LogP contribution in [0, 0.1) is 11.6 Å². The number of amides is 1. The molecule has 3 rings (SSSR count). The van der Waals surface area contributed by atoms with Crippen LogP contribution in [0.1, 0.15) is 26.6 Å². The van der Waals surface area contributed by atoms with E-state index in [9.17, 15) is 13.6 Å². The lowest BCUT2D eigenvalue weighted by molar-refractivity contribution is 0.0745. The molecule has 0 N–H and O–H groups in total. The summed E-state index contributed by atoms with van der Waals surface area (Å²) in [5.74, 6) is -2.02. The topological polar surface area (TPSA) is 42.4 Å². The molecule has 0 saturated heterocycles. The first-order chi connectivity index (χ1) is 10.1. The van der Waals surface area contributed by atoms with E-state index in [1.807, 2.05) is 0 Å². The number of aromatic nitrogens is 1. The molecule has 2 heterocycles. The van der Waals surface area contributed by atoms with E-state index >= 15 is 0 Å². The number of fused-ring (bicyclic) bond motifs is 1. The second-order valence-corrected chi connectivity index (χ2v) is 5.70. The molecule has 0 radical (unpaired) electrons. The fourth-order valence-electron chi connectivity index (χ4n) is 2.30. The van der Waals surface area contributed by atoms with E-state index in [2.05, 4.69) is 4.98 Å². The van der Waals surface area contributed by atoms with Gasteiger partial charge >= 0.3 is 0 Å². The van der Waals surface area contributed by atoms with Crippen molar-refractivity contribution in [2.24, 2.45) is 0 Å². The van der Waals surface area contributed by atoms with Crippen molar-refractivity contribution in [2.45, 2.75) is 19.7 Å². The Morgan fingerprint density at radius 2 is 1.95 bits per heavy atom. The van der Waals surface area contributed by atoms with E-state index in [1.165, 1.54) is 16.2 Å². The van der Waals surface area contributed by atoms with Crippen molar-refractivity contribution in [1.29, 1.82) is 0 Å². The highest BCUT2D eigenvalue weighted by molar-refractivity contribution is 7.09. The van der Waals surface area contributed by atoms with Crippen LogP contribution in [0.4, 0.5) is 8.78 Å². The summed E-state index contributed by atoms with van der Waals surface area (Å²) in [7, 11) is 1.56. The number of rotatable bonds is 3. The first-order valence-electron chi connectivity index (χ1n) is 6.28. The predicted molar refractivity (Wildman–Crippen MR) is 72.8 cm³/mol. The van der Waals surface area contributed by atoms with Gasteiger partial charge < -0.3 is 9.64 Å². The predicted octanol–water partition coefficient (Wildman–Crippen LogP) is 2.72. The van der Waals surface area contributed by atoms with Crippen molar-refractivity contribution in [3.05, 3.63) is 51.0 Å². The Kier molecular flexibility index (Phi) is 3.69. The summed E-state index contributed by atoms with van der Waals surface area (Å²) in [5.41, 5.74) is 1.60. The number of benzene rings is 1. The molecule has 21 heavy (non-hydrogen) atoms. The summed E-state index contributed by atoms with van der Waals surface area (Å²) < 4.78 is 31.4. The molecule has 7 heteroatoms. The van der Waals surface area contributed by atoms with E-state index in [4.69, 9.17) is 4.74 Å². The summed E-state index contributed by atoms with van der Waals surface area (Å²) in [5, 5.41) is 2.38. The fourth-order valence-corrected chi connectivity index (χ4v) is 3.03. The minimum Gasteiger partial charge on any atom is -0.378 e. The number of ether oxygens (including phenoxy) is 1. The van der Waals surface area contributed by atoms with Gasteiger partial charge in [-0.2, -0.15) is 0 Å². The number of hydrogen-bond donors (Lipinski definition) is 0. The maximum atomic E-state index is 13.2. The van der Waals surface area contributed by atoms with E-state index in [-0.39, 0.29) is 19.0 Å². The molecule has 1 aliphatic rings. The minimum atomic E-state index is -0.890. The molecular formula is C14H12F2N2O2S. The largest absolute Gasteiger partial charge is 0.378 e. The molecule has 0 aliphatic carbocycles. The van der Waals surface area contributed by atoms with Crippen molar-refractivity contribution in [1.82, 2.24) is 9.88 Å². The molecule has 1 aliphatic heterocycles. The fraction of sp³-hybridized carbons (Fsp3) is 0.286. The molecule has 0 saturated carbocycles. The van der Waals surface area contributed by atoms with Crippen molar-refractivity contribution in [3.63, 3.8) is 0 Å². The summed E-state index contributed by atoms with van der Waals surface area (Å²) in [4.78, 5) is 18.1. The van der Waals surface area contributed by atoms with E-state index in [0.29, 0.717) is 23.4 Å². The van der Waals surface area contributed by atoms with Crippen molar-refractivity contribution >= 4 is 17.2 Å². The van der Waals surface area contributed by atoms with Crippen molar-refractivity contribution in [2.75, 3.05) is 7.11 Å². The Morgan fingerprint density at radius 3 is 2.52 bits per heavy atom. The van der Waals surface area contributed by atoms with Gasteiger partial charge in [-0.3, -0.25) is 4.79 Å². The zero-order chi connectivity index (χ0) is 15.0. The third-order valence-corrected chi connectivity index (χ3v) is 4.11. The first kappa shape index (κ1) is 14.1. The molecule has 1 aromatic heterocycles. The van der Waals surface area contributed by atoms with Crippen LogP contribution < -0.4 is 0 Å². The maximum absolute atomic E-state index is 13.2. The lowest BCUT2D eigenvalue weighted by atomic mass is 10.1. The average Bonchev–Trinajstić information content (AvgIpc) is 3.06. The number of carbonyl (C=O) groups excluding carboxylic acids is 1. The molecule has 0 atom stereocenters. The minimum absolute atomic E-state index is 0.245. The van der Waals surface area contributed by atoms with Gasteiger partial charge in [0.25, 0.3) is 5.91 Å². The monoisotopic (exact) mass is 310 g/mol. The normalized spacial score (nSPS) is 13.6. The van der Waals surface area contributed by atoms with E-state index < -0.39 is 11.6 Å². The Bertz CT molecular complexity index is 671. The third-order valence-electron chi connectivity index (χ3n) is 3.29. The van der Waals surface area contributed by atoms with Gasteiger partial charge in [0.15, 0.2) is 11.6 Å². The molecule has 0 spiro atoms. The number of methoxy groups -OCH3 is 1. The lowest BCUT2D eigenvalue weighted by Crippen LogP contribution is -2.25. The second kappa shape index (κ2) is 5.50. The number of hydrogen-bond acceptors (Lipinski definition) is 4. The van der Waals surface area contributed by atoms with E-state index in [0.717, 1.165) is 17.1 Å². The summed E-state index contributed by atoms with van der Waals surface area (Å²) in [6, 6.07) is 2.30. The van der Waals surface area contributed by atoms with Gasteiger partial charge in [-0.15, -0.1) is 11.3 Å². The summed E-state index contributed by atoms with van der Waals surface area (Å²) in [6.07, 6.45) is 0. The van der Waals surface area contributed by atoms with Crippen molar-refractivity contribution < 1.29 is 18.3 Å². The van der Waals surface area contributed by atoms with Crippen LogP contribution >= 0.6 is 11.3 Å². The molecule has 0 bridgehead atoms. The van der Waals surface area contributed by atoms with Crippen LogP contribution in [0.3, 0.4) is 0 Å². The SMILES string of the molecule is COCc1nc(C(=O)N2Cc3cc(F)c(F)cc3C2)cs1. The molecule has 0 fully saturated rings.